The number of terminal acetylenes is 1. The molecule has 3 unspecified atom stereocenters. The lowest BCUT2D eigenvalue weighted by atomic mass is 9.89. The number of halogens is 1. The van der Waals surface area contributed by atoms with Crippen LogP contribution in [-0.2, 0) is 14.1 Å². The molecule has 29 heavy (non-hydrogen) atoms. The highest BCUT2D eigenvalue weighted by atomic mass is 31.1. The van der Waals surface area contributed by atoms with Crippen molar-refractivity contribution in [3.8, 4) is 23.7 Å². The smallest absolute Gasteiger partial charge is 0.387 e. The molecular weight excluding hydrogens is 396 g/mol. The number of hydrogen-bond donors (Lipinski definition) is 2. The fourth-order valence-electron chi connectivity index (χ4n) is 3.17. The van der Waals surface area contributed by atoms with Crippen LogP contribution >= 0.6 is 8.03 Å². The van der Waals surface area contributed by atoms with E-state index >= 15 is 0 Å². The number of carbonyl (C=O) groups is 1. The van der Waals surface area contributed by atoms with Crippen LogP contribution in [0.4, 0.5) is 4.39 Å². The number of aliphatic hydroxyl groups is 1. The molecular formula is C21H22FNO5P+. The van der Waals surface area contributed by atoms with Crippen molar-refractivity contribution in [2.45, 2.75) is 44.9 Å². The second-order valence-electron chi connectivity index (χ2n) is 6.88. The maximum atomic E-state index is 13.4. The third kappa shape index (κ3) is 5.45. The Morgan fingerprint density at radius 1 is 1.34 bits per heavy atom. The van der Waals surface area contributed by atoms with Crippen LogP contribution in [-0.4, -0.2) is 27.1 Å². The molecule has 0 spiro atoms. The van der Waals surface area contributed by atoms with Gasteiger partial charge in [-0.05, 0) is 46.7 Å². The Balaban J connectivity index is 2.71. The van der Waals surface area contributed by atoms with E-state index in [2.05, 4.69) is 9.72 Å². The molecule has 0 fully saturated rings. The van der Waals surface area contributed by atoms with E-state index in [1.54, 1.807) is 19.1 Å². The minimum Gasteiger partial charge on any atom is -0.387 e. The molecule has 152 valence electrons. The first kappa shape index (κ1) is 22.6. The standard InChI is InChI=1S/C21H21FNO5P/c1-5-28-18(25)11-17(24)21(29(26)27)19-16(14-6-8-15(22)9-7-14)10-13(4)23-20(19)12(2)3/h1,6-10,12,17,21,24H,11H2,2-4H3/p+1. The SMILES string of the molecule is C#COC(=O)CC(O)C(c1c(-c2ccc(F)cc2)cc(C)nc1C(C)C)[P+](=O)O. The molecule has 0 saturated carbocycles. The molecule has 0 aliphatic heterocycles. The number of hydrogen-bond acceptors (Lipinski definition) is 5. The summed E-state index contributed by atoms with van der Waals surface area (Å²) >= 11 is 0. The summed E-state index contributed by atoms with van der Waals surface area (Å²) in [5, 5.41) is 10.6. The fourth-order valence-corrected chi connectivity index (χ4v) is 4.06. The average molecular weight is 418 g/mol. The van der Waals surface area contributed by atoms with E-state index in [0.29, 0.717) is 28.1 Å². The zero-order valence-corrected chi connectivity index (χ0v) is 17.2. The Hall–Kier alpha value is -2.65. The lowest BCUT2D eigenvalue weighted by molar-refractivity contribution is -0.139. The number of aryl methyl sites for hydroxylation is 1. The first-order valence-electron chi connectivity index (χ1n) is 8.91. The van der Waals surface area contributed by atoms with E-state index < -0.39 is 38.0 Å². The third-order valence-corrected chi connectivity index (χ3v) is 5.44. The third-order valence-electron chi connectivity index (χ3n) is 4.37. The molecule has 6 nitrogen and oxygen atoms in total. The highest BCUT2D eigenvalue weighted by Crippen LogP contribution is 2.47. The summed E-state index contributed by atoms with van der Waals surface area (Å²) in [6, 6.07) is 7.33. The number of rotatable bonds is 7. The molecule has 0 aliphatic carbocycles. The van der Waals surface area contributed by atoms with Gasteiger partial charge >= 0.3 is 14.0 Å². The second kappa shape index (κ2) is 9.71. The number of ether oxygens (including phenoxy) is 1. The molecule has 0 aliphatic rings. The van der Waals surface area contributed by atoms with Crippen molar-refractivity contribution in [1.29, 1.82) is 0 Å². The van der Waals surface area contributed by atoms with Crippen molar-refractivity contribution in [3.63, 3.8) is 0 Å². The number of esters is 1. The topological polar surface area (TPSA) is 96.7 Å². The molecule has 1 aromatic heterocycles. The van der Waals surface area contributed by atoms with E-state index in [1.807, 2.05) is 13.8 Å². The van der Waals surface area contributed by atoms with Gasteiger partial charge in [0.05, 0.1) is 12.1 Å². The van der Waals surface area contributed by atoms with Crippen molar-refractivity contribution in [2.24, 2.45) is 0 Å². The minimum atomic E-state index is -2.96. The van der Waals surface area contributed by atoms with E-state index in [0.717, 1.165) is 0 Å². The zero-order chi connectivity index (χ0) is 21.7. The van der Waals surface area contributed by atoms with Crippen LogP contribution < -0.4 is 0 Å². The van der Waals surface area contributed by atoms with E-state index in [9.17, 15) is 23.7 Å². The van der Waals surface area contributed by atoms with Crippen molar-refractivity contribution in [3.05, 3.63) is 53.1 Å². The number of pyridine rings is 1. The van der Waals surface area contributed by atoms with Crippen LogP contribution in [0.15, 0.2) is 30.3 Å². The molecule has 0 amide bonds. The molecule has 2 rings (SSSR count). The summed E-state index contributed by atoms with van der Waals surface area (Å²) in [5.74, 6) is -1.46. The molecule has 8 heteroatoms. The van der Waals surface area contributed by atoms with Gasteiger partial charge in [-0.3, -0.25) is 9.78 Å². The lowest BCUT2D eigenvalue weighted by Crippen LogP contribution is -2.23. The Morgan fingerprint density at radius 3 is 2.48 bits per heavy atom. The predicted octanol–water partition coefficient (Wildman–Crippen LogP) is 3.98. The molecule has 0 saturated heterocycles. The van der Waals surface area contributed by atoms with Gasteiger partial charge in [0, 0.05) is 11.3 Å². The van der Waals surface area contributed by atoms with Gasteiger partial charge in [-0.15, -0.1) is 0 Å². The van der Waals surface area contributed by atoms with Crippen LogP contribution in [0.3, 0.4) is 0 Å². The maximum absolute atomic E-state index is 13.4. The largest absolute Gasteiger partial charge is 0.516 e. The summed E-state index contributed by atoms with van der Waals surface area (Å²) in [6.45, 7) is 5.50. The monoisotopic (exact) mass is 418 g/mol. The first-order chi connectivity index (χ1) is 13.6. The van der Waals surface area contributed by atoms with Gasteiger partial charge in [-0.25, -0.2) is 4.39 Å². The predicted molar refractivity (Wildman–Crippen MR) is 107 cm³/mol. The van der Waals surface area contributed by atoms with Crippen LogP contribution in [0, 0.1) is 25.3 Å². The van der Waals surface area contributed by atoms with Crippen LogP contribution in [0.1, 0.15) is 48.8 Å². The molecule has 2 N–H and O–H groups in total. The number of aliphatic hydroxyl groups excluding tert-OH is 1. The second-order valence-corrected chi connectivity index (χ2v) is 8.04. The van der Waals surface area contributed by atoms with Gasteiger partial charge in [0.25, 0.3) is 0 Å². The minimum absolute atomic E-state index is 0.147. The van der Waals surface area contributed by atoms with Crippen molar-refractivity contribution >= 4 is 14.0 Å². The highest BCUT2D eigenvalue weighted by Gasteiger charge is 2.43. The van der Waals surface area contributed by atoms with Crippen molar-refractivity contribution in [2.75, 3.05) is 0 Å². The molecule has 0 bridgehead atoms. The Labute approximate surface area is 169 Å². The average Bonchev–Trinajstić information content (AvgIpc) is 2.63. The zero-order valence-electron chi connectivity index (χ0n) is 16.3. The van der Waals surface area contributed by atoms with Crippen molar-refractivity contribution in [1.82, 2.24) is 4.98 Å². The van der Waals surface area contributed by atoms with Gasteiger partial charge in [0.2, 0.25) is 5.66 Å². The quantitative estimate of drug-likeness (QED) is 0.401. The van der Waals surface area contributed by atoms with Crippen LogP contribution in [0.2, 0.25) is 0 Å². The number of nitrogens with zero attached hydrogens (tertiary/aromatic N) is 1. The van der Waals surface area contributed by atoms with Gasteiger partial charge in [-0.2, -0.15) is 4.89 Å². The van der Waals surface area contributed by atoms with Gasteiger partial charge in [-0.1, -0.05) is 32.4 Å². The Kier molecular flexibility index (Phi) is 7.58. The number of benzene rings is 1. The summed E-state index contributed by atoms with van der Waals surface area (Å²) in [5.41, 5.74) is 1.31. The molecule has 3 atom stereocenters. The van der Waals surface area contributed by atoms with E-state index in [1.165, 1.54) is 24.3 Å². The maximum Gasteiger partial charge on any atom is 0.516 e. The Morgan fingerprint density at radius 2 is 1.97 bits per heavy atom. The van der Waals surface area contributed by atoms with Gasteiger partial charge in [0.1, 0.15) is 18.0 Å². The molecule has 1 heterocycles. The lowest BCUT2D eigenvalue weighted by Gasteiger charge is -2.21. The van der Waals surface area contributed by atoms with Crippen LogP contribution in [0.5, 0.6) is 0 Å². The Bertz CT molecular complexity index is 953. The highest BCUT2D eigenvalue weighted by molar-refractivity contribution is 7.38. The number of aromatic nitrogens is 1. The van der Waals surface area contributed by atoms with Crippen molar-refractivity contribution < 1.29 is 28.5 Å². The summed E-state index contributed by atoms with van der Waals surface area (Å²) in [6.07, 6.45) is 4.54. The van der Waals surface area contributed by atoms with Gasteiger partial charge in [0.15, 0.2) is 0 Å². The summed E-state index contributed by atoms with van der Waals surface area (Å²) in [7, 11) is -2.96. The van der Waals surface area contributed by atoms with E-state index in [-0.39, 0.29) is 5.92 Å². The summed E-state index contributed by atoms with van der Waals surface area (Å²) in [4.78, 5) is 26.3. The normalized spacial score (nSPS) is 13.5. The molecule has 1 aromatic carbocycles. The summed E-state index contributed by atoms with van der Waals surface area (Å²) < 4.78 is 30.1. The molecule has 0 radical (unpaired) electrons. The van der Waals surface area contributed by atoms with Crippen LogP contribution in [0.25, 0.3) is 11.1 Å². The van der Waals surface area contributed by atoms with E-state index in [4.69, 9.17) is 6.42 Å². The molecule has 2 aromatic rings. The fraction of sp³-hybridized carbons (Fsp3) is 0.333. The van der Waals surface area contributed by atoms with Gasteiger partial charge < -0.3 is 9.84 Å². The number of carbonyl (C=O) groups excluding carboxylic acids is 1. The first-order valence-corrected chi connectivity index (χ1v) is 10.2.